The lowest BCUT2D eigenvalue weighted by Crippen LogP contribution is -2.39. The van der Waals surface area contributed by atoms with E-state index in [9.17, 15) is 9.18 Å². The van der Waals surface area contributed by atoms with Gasteiger partial charge in [-0.15, -0.1) is 0 Å². The zero-order valence-corrected chi connectivity index (χ0v) is 11.9. The molecule has 1 aromatic heterocycles. The van der Waals surface area contributed by atoms with E-state index >= 15 is 0 Å². The highest BCUT2D eigenvalue weighted by Crippen LogP contribution is 2.26. The highest BCUT2D eigenvalue weighted by molar-refractivity contribution is 5.99. The van der Waals surface area contributed by atoms with Crippen LogP contribution in [0, 0.1) is 11.7 Å². The molecule has 1 atom stereocenters. The molecule has 0 saturated carbocycles. The van der Waals surface area contributed by atoms with Crippen LogP contribution in [0.4, 0.5) is 4.39 Å². The minimum atomic E-state index is -0.323. The Hall–Kier alpha value is -2.17. The van der Waals surface area contributed by atoms with Crippen molar-refractivity contribution in [3.8, 4) is 11.3 Å². The number of rotatable bonds is 2. The van der Waals surface area contributed by atoms with Gasteiger partial charge in [-0.3, -0.25) is 4.79 Å². The highest BCUT2D eigenvalue weighted by Gasteiger charge is 2.26. The maximum absolute atomic E-state index is 13.0. The second-order valence-corrected chi connectivity index (χ2v) is 5.57. The van der Waals surface area contributed by atoms with Crippen LogP contribution in [0.25, 0.3) is 11.3 Å². The average molecular weight is 288 g/mol. The zero-order chi connectivity index (χ0) is 14.8. The van der Waals surface area contributed by atoms with Crippen LogP contribution in [-0.4, -0.2) is 29.1 Å². The summed E-state index contributed by atoms with van der Waals surface area (Å²) < 4.78 is 18.2. The Balaban J connectivity index is 1.88. The largest absolute Gasteiger partial charge is 0.355 e. The molecule has 1 aliphatic heterocycles. The molecule has 110 valence electrons. The van der Waals surface area contributed by atoms with E-state index in [0.29, 0.717) is 22.8 Å². The maximum atomic E-state index is 13.0. The van der Waals surface area contributed by atoms with E-state index in [1.807, 2.05) is 4.90 Å². The first-order chi connectivity index (χ1) is 10.1. The molecule has 1 aromatic carbocycles. The first kappa shape index (κ1) is 13.8. The number of carbonyl (C=O) groups excluding carboxylic acids is 1. The monoisotopic (exact) mass is 288 g/mol. The second-order valence-electron chi connectivity index (χ2n) is 5.57. The summed E-state index contributed by atoms with van der Waals surface area (Å²) in [5.41, 5.74) is 1.10. The number of benzene rings is 1. The molecule has 21 heavy (non-hydrogen) atoms. The Morgan fingerprint density at radius 1 is 1.38 bits per heavy atom. The Kier molecular flexibility index (Phi) is 3.73. The van der Waals surface area contributed by atoms with Crippen molar-refractivity contribution in [2.24, 2.45) is 5.92 Å². The third-order valence-corrected chi connectivity index (χ3v) is 3.85. The average Bonchev–Trinajstić information content (AvgIpc) is 2.96. The van der Waals surface area contributed by atoms with E-state index in [2.05, 4.69) is 12.1 Å². The van der Waals surface area contributed by atoms with E-state index < -0.39 is 0 Å². The van der Waals surface area contributed by atoms with E-state index in [-0.39, 0.29) is 11.7 Å². The summed E-state index contributed by atoms with van der Waals surface area (Å²) in [5.74, 6) is 0.521. The highest BCUT2D eigenvalue weighted by atomic mass is 19.1. The van der Waals surface area contributed by atoms with Crippen LogP contribution in [-0.2, 0) is 0 Å². The van der Waals surface area contributed by atoms with Crippen molar-refractivity contribution in [1.82, 2.24) is 10.1 Å². The molecule has 3 rings (SSSR count). The quantitative estimate of drug-likeness (QED) is 0.851. The molecule has 1 fully saturated rings. The van der Waals surface area contributed by atoms with Gasteiger partial charge in [-0.2, -0.15) is 0 Å². The predicted molar refractivity (Wildman–Crippen MR) is 76.2 cm³/mol. The van der Waals surface area contributed by atoms with Crippen molar-refractivity contribution in [2.75, 3.05) is 13.1 Å². The van der Waals surface area contributed by atoms with E-state index in [0.717, 1.165) is 25.9 Å². The van der Waals surface area contributed by atoms with Crippen LogP contribution in [0.3, 0.4) is 0 Å². The van der Waals surface area contributed by atoms with Crippen molar-refractivity contribution in [3.05, 3.63) is 41.8 Å². The lowest BCUT2D eigenvalue weighted by Gasteiger charge is -2.30. The molecular formula is C16H17FN2O2. The summed E-state index contributed by atoms with van der Waals surface area (Å²) in [6.45, 7) is 3.66. The van der Waals surface area contributed by atoms with Gasteiger partial charge in [0.05, 0.1) is 6.20 Å². The molecule has 0 aliphatic carbocycles. The fourth-order valence-electron chi connectivity index (χ4n) is 2.75. The first-order valence-corrected chi connectivity index (χ1v) is 7.15. The fraction of sp³-hybridized carbons (Fsp3) is 0.375. The van der Waals surface area contributed by atoms with E-state index in [1.54, 1.807) is 12.1 Å². The summed E-state index contributed by atoms with van der Waals surface area (Å²) in [5, 5.41) is 3.74. The van der Waals surface area contributed by atoms with Gasteiger partial charge in [0.25, 0.3) is 5.91 Å². The summed E-state index contributed by atoms with van der Waals surface area (Å²) >= 11 is 0. The normalized spacial score (nSPS) is 18.8. The minimum Gasteiger partial charge on any atom is -0.355 e. The molecule has 2 aromatic rings. The third kappa shape index (κ3) is 2.82. The van der Waals surface area contributed by atoms with Gasteiger partial charge >= 0.3 is 0 Å². The van der Waals surface area contributed by atoms with Gasteiger partial charge in [-0.1, -0.05) is 12.1 Å². The lowest BCUT2D eigenvalue weighted by atomic mass is 9.99. The maximum Gasteiger partial charge on any atom is 0.259 e. The molecule has 5 heteroatoms. The summed E-state index contributed by atoms with van der Waals surface area (Å²) in [6.07, 6.45) is 3.61. The fourth-order valence-corrected chi connectivity index (χ4v) is 2.75. The number of likely N-dealkylation sites (tertiary alicyclic amines) is 1. The van der Waals surface area contributed by atoms with Crippen molar-refractivity contribution >= 4 is 5.91 Å². The molecule has 0 spiro atoms. The van der Waals surface area contributed by atoms with Gasteiger partial charge in [-0.05, 0) is 43.0 Å². The van der Waals surface area contributed by atoms with Gasteiger partial charge in [0.2, 0.25) is 0 Å². The number of amides is 1. The Labute approximate surface area is 122 Å². The third-order valence-electron chi connectivity index (χ3n) is 3.85. The molecular weight excluding hydrogens is 271 g/mol. The van der Waals surface area contributed by atoms with Crippen LogP contribution >= 0.6 is 0 Å². The molecule has 0 bridgehead atoms. The number of nitrogens with zero attached hydrogens (tertiary/aromatic N) is 2. The Morgan fingerprint density at radius 2 is 2.14 bits per heavy atom. The van der Waals surface area contributed by atoms with Crippen LogP contribution in [0.15, 0.2) is 35.0 Å². The van der Waals surface area contributed by atoms with Crippen LogP contribution in [0.1, 0.15) is 30.1 Å². The number of aromatic nitrogens is 1. The molecule has 1 aliphatic rings. The Morgan fingerprint density at radius 3 is 2.86 bits per heavy atom. The van der Waals surface area contributed by atoms with E-state index in [4.69, 9.17) is 4.52 Å². The molecule has 0 N–H and O–H groups in total. The van der Waals surface area contributed by atoms with Gasteiger partial charge < -0.3 is 9.42 Å². The molecule has 0 radical (unpaired) electrons. The molecule has 1 saturated heterocycles. The zero-order valence-electron chi connectivity index (χ0n) is 11.9. The number of piperidine rings is 1. The van der Waals surface area contributed by atoms with Crippen LogP contribution < -0.4 is 0 Å². The van der Waals surface area contributed by atoms with E-state index in [1.165, 1.54) is 18.3 Å². The van der Waals surface area contributed by atoms with Crippen LogP contribution in [0.2, 0.25) is 0 Å². The predicted octanol–water partition coefficient (Wildman–Crippen LogP) is 3.35. The van der Waals surface area contributed by atoms with Crippen LogP contribution in [0.5, 0.6) is 0 Å². The smallest absolute Gasteiger partial charge is 0.259 e. The van der Waals surface area contributed by atoms with Gasteiger partial charge in [0.1, 0.15) is 11.4 Å². The molecule has 2 heterocycles. The van der Waals surface area contributed by atoms with Gasteiger partial charge in [0, 0.05) is 18.7 Å². The number of hydrogen-bond acceptors (Lipinski definition) is 3. The summed E-state index contributed by atoms with van der Waals surface area (Å²) in [7, 11) is 0. The SMILES string of the molecule is CC1CCCN(C(=O)c2cnoc2-c2ccc(F)cc2)C1. The van der Waals surface area contributed by atoms with Gasteiger partial charge in [0.15, 0.2) is 5.76 Å². The molecule has 1 unspecified atom stereocenters. The topological polar surface area (TPSA) is 46.3 Å². The standard InChI is InChI=1S/C16H17FN2O2/c1-11-3-2-8-19(10-11)16(20)14-9-18-21-15(14)12-4-6-13(17)7-5-12/h4-7,9,11H,2-3,8,10H2,1H3. The Bertz CT molecular complexity index is 636. The lowest BCUT2D eigenvalue weighted by molar-refractivity contribution is 0.0683. The molecule has 1 amide bonds. The van der Waals surface area contributed by atoms with Crippen molar-refractivity contribution in [1.29, 1.82) is 0 Å². The minimum absolute atomic E-state index is 0.0675. The van der Waals surface area contributed by atoms with Crippen molar-refractivity contribution < 1.29 is 13.7 Å². The number of hydrogen-bond donors (Lipinski definition) is 0. The second kappa shape index (κ2) is 5.68. The summed E-state index contributed by atoms with van der Waals surface area (Å²) in [6, 6.07) is 5.86. The number of halogens is 1. The first-order valence-electron chi connectivity index (χ1n) is 7.15. The molecule has 4 nitrogen and oxygen atoms in total. The summed E-state index contributed by atoms with van der Waals surface area (Å²) in [4.78, 5) is 14.5. The number of carbonyl (C=O) groups is 1. The van der Waals surface area contributed by atoms with Crippen molar-refractivity contribution in [3.63, 3.8) is 0 Å². The van der Waals surface area contributed by atoms with Gasteiger partial charge in [-0.25, -0.2) is 4.39 Å². The van der Waals surface area contributed by atoms with Crippen molar-refractivity contribution in [2.45, 2.75) is 19.8 Å².